The Bertz CT molecular complexity index is 1420. The van der Waals surface area contributed by atoms with E-state index in [4.69, 9.17) is 28.8 Å². The van der Waals surface area contributed by atoms with E-state index in [-0.39, 0.29) is 92.5 Å². The molecule has 0 aromatic rings. The molecule has 2 rings (SSSR count). The van der Waals surface area contributed by atoms with Crippen LogP contribution in [0.25, 0.3) is 0 Å². The van der Waals surface area contributed by atoms with E-state index in [1.54, 1.807) is 12.0 Å². The minimum absolute atomic E-state index is 0.0204. The standard InChI is InChI=1S/C36H66N2O7.C18H32O4.C9H20O.C2H6/c1-6-9-11-13-15-16-18-21-32(39)25-30(26-34(40)43-24-19-17-14-12-10-7-2)27-35(41)44-29-31-22-23-38(31)36(42)45-33(20-8-3)28-37(4)5;1-2-3-4-5-6-7-12-22-18(21)14-15(10-11-19)13-17(20)16-8-9-16;1-3-4-5-6-7-8-9-10-2;1-2/h30-31,33H,6-29H2,1-5H3;15-16,19H,2-14H2,1H3;3-9H2,1-2H3;1-2H3. The Morgan fingerprint density at radius 3 is 1.38 bits per heavy atom. The highest BCUT2D eigenvalue weighted by Gasteiger charge is 2.36. The Kier molecular flexibility index (Phi) is 56.0. The lowest BCUT2D eigenvalue weighted by Crippen LogP contribution is -2.54. The number of carbonyl (C=O) groups excluding carboxylic acids is 6. The van der Waals surface area contributed by atoms with Crippen molar-refractivity contribution < 1.29 is 57.6 Å². The Morgan fingerprint density at radius 2 is 0.962 bits per heavy atom. The van der Waals surface area contributed by atoms with Crippen molar-refractivity contribution in [3.05, 3.63) is 0 Å². The maximum atomic E-state index is 12.9. The van der Waals surface area contributed by atoms with Crippen LogP contribution in [0.15, 0.2) is 0 Å². The highest BCUT2D eigenvalue weighted by molar-refractivity contribution is 5.84. The van der Waals surface area contributed by atoms with Crippen molar-refractivity contribution >= 4 is 35.6 Å². The fraction of sp³-hybridized carbons (Fsp3) is 0.908. The van der Waals surface area contributed by atoms with Crippen LogP contribution < -0.4 is 0 Å². The summed E-state index contributed by atoms with van der Waals surface area (Å²) in [5.74, 6) is -0.998. The first-order valence-electron chi connectivity index (χ1n) is 32.5. The van der Waals surface area contributed by atoms with Gasteiger partial charge < -0.3 is 38.6 Å². The van der Waals surface area contributed by atoms with E-state index in [1.807, 2.05) is 32.8 Å². The molecule has 2 aliphatic rings. The smallest absolute Gasteiger partial charge is 0.410 e. The molecule has 466 valence electrons. The number of esters is 3. The normalized spacial score (nSPS) is 14.7. The molecular weight excluding hydrogens is 1000 g/mol. The van der Waals surface area contributed by atoms with Crippen LogP contribution >= 0.6 is 0 Å². The van der Waals surface area contributed by atoms with Crippen LogP contribution in [0.5, 0.6) is 0 Å². The molecule has 79 heavy (non-hydrogen) atoms. The highest BCUT2D eigenvalue weighted by Crippen LogP contribution is 2.33. The van der Waals surface area contributed by atoms with Gasteiger partial charge in [0.05, 0.1) is 19.3 Å². The van der Waals surface area contributed by atoms with Crippen LogP contribution in [0.2, 0.25) is 0 Å². The zero-order chi connectivity index (χ0) is 59.2. The number of unbranched alkanes of at least 4 members (excludes halogenated alkanes) is 21. The molecule has 1 aliphatic carbocycles. The topological polar surface area (TPSA) is 175 Å². The molecular formula is C65H124N2O12. The monoisotopic (exact) mass is 1120 g/mol. The van der Waals surface area contributed by atoms with Crippen molar-refractivity contribution in [2.24, 2.45) is 17.8 Å². The molecule has 1 aliphatic heterocycles. The first-order valence-corrected chi connectivity index (χ1v) is 32.5. The number of carbonyl (C=O) groups is 6. The molecule has 14 nitrogen and oxygen atoms in total. The number of likely N-dealkylation sites (N-methyl/N-ethyl adjacent to an activating group) is 1. The molecule has 1 amide bonds. The van der Waals surface area contributed by atoms with Crippen LogP contribution in [-0.2, 0) is 47.7 Å². The van der Waals surface area contributed by atoms with Gasteiger partial charge in [-0.15, -0.1) is 0 Å². The maximum Gasteiger partial charge on any atom is 0.410 e. The Hall–Kier alpha value is -3.10. The van der Waals surface area contributed by atoms with E-state index in [9.17, 15) is 28.8 Å². The largest absolute Gasteiger partial charge is 0.466 e. The number of ether oxygens (including phenoxy) is 5. The van der Waals surface area contributed by atoms with Gasteiger partial charge in [-0.2, -0.15) is 0 Å². The minimum Gasteiger partial charge on any atom is -0.466 e. The number of aliphatic hydroxyl groups excluding tert-OH is 1. The molecule has 0 spiro atoms. The van der Waals surface area contributed by atoms with Crippen molar-refractivity contribution in [3.63, 3.8) is 0 Å². The second kappa shape index (κ2) is 56.7. The number of methoxy groups -OCH3 is 1. The summed E-state index contributed by atoms with van der Waals surface area (Å²) in [5, 5.41) is 9.07. The molecule has 1 heterocycles. The van der Waals surface area contributed by atoms with Gasteiger partial charge in [-0.05, 0) is 83.7 Å². The number of amides is 1. The molecule has 1 N–H and O–H groups in total. The van der Waals surface area contributed by atoms with Gasteiger partial charge in [0.15, 0.2) is 0 Å². The molecule has 1 saturated carbocycles. The average Bonchev–Trinajstić information content (AvgIpc) is 4.26. The van der Waals surface area contributed by atoms with E-state index >= 15 is 0 Å². The van der Waals surface area contributed by atoms with E-state index in [0.717, 1.165) is 90.1 Å². The zero-order valence-electron chi connectivity index (χ0n) is 52.8. The molecule has 14 heteroatoms. The van der Waals surface area contributed by atoms with Gasteiger partial charge >= 0.3 is 24.0 Å². The molecule has 0 aromatic heterocycles. The van der Waals surface area contributed by atoms with Crippen molar-refractivity contribution in [2.45, 2.75) is 298 Å². The molecule has 0 bridgehead atoms. The molecule has 1 saturated heterocycles. The van der Waals surface area contributed by atoms with Gasteiger partial charge in [-0.25, -0.2) is 4.79 Å². The molecule has 4 atom stereocenters. The lowest BCUT2D eigenvalue weighted by molar-refractivity contribution is -0.150. The van der Waals surface area contributed by atoms with E-state index in [1.165, 1.54) is 109 Å². The van der Waals surface area contributed by atoms with Crippen molar-refractivity contribution in [2.75, 3.05) is 67.3 Å². The third-order valence-corrected chi connectivity index (χ3v) is 14.5. The van der Waals surface area contributed by atoms with Crippen LogP contribution in [0.4, 0.5) is 4.79 Å². The van der Waals surface area contributed by atoms with Crippen LogP contribution in [-0.4, -0.2) is 130 Å². The van der Waals surface area contributed by atoms with Crippen LogP contribution in [0.1, 0.15) is 286 Å². The Morgan fingerprint density at radius 1 is 0.519 bits per heavy atom. The number of aliphatic hydroxyl groups is 1. The SMILES string of the molecule is CC.CCCCCCCCCC(=O)CC(CC(=O)OCCCCCCCC)CC(=O)OCC1CCN1C(=O)OC(CCC)CN(C)C.CCCCCCCCOC.CCCCCCCCOC(=O)CC(CCO)CC(=O)C1CC1. The van der Waals surface area contributed by atoms with E-state index in [2.05, 4.69) is 34.6 Å². The van der Waals surface area contributed by atoms with Crippen LogP contribution in [0.3, 0.4) is 0 Å². The second-order valence-electron chi connectivity index (χ2n) is 22.5. The third-order valence-electron chi connectivity index (χ3n) is 14.5. The summed E-state index contributed by atoms with van der Waals surface area (Å²) in [6.07, 6.45) is 35.3. The van der Waals surface area contributed by atoms with Gasteiger partial charge in [-0.1, -0.05) is 190 Å². The van der Waals surface area contributed by atoms with Crippen molar-refractivity contribution in [1.82, 2.24) is 9.80 Å². The summed E-state index contributed by atoms with van der Waals surface area (Å²) < 4.78 is 27.0. The van der Waals surface area contributed by atoms with Gasteiger partial charge in [-0.3, -0.25) is 24.0 Å². The van der Waals surface area contributed by atoms with E-state index in [0.29, 0.717) is 45.6 Å². The minimum atomic E-state index is -0.455. The van der Waals surface area contributed by atoms with Crippen molar-refractivity contribution in [3.8, 4) is 0 Å². The number of ketones is 2. The van der Waals surface area contributed by atoms with Gasteiger partial charge in [0.1, 0.15) is 24.3 Å². The highest BCUT2D eigenvalue weighted by atomic mass is 16.6. The number of likely N-dealkylation sites (tertiary alicyclic amines) is 1. The lowest BCUT2D eigenvalue weighted by atomic mass is 9.93. The molecule has 0 aromatic carbocycles. The molecule has 0 radical (unpaired) electrons. The summed E-state index contributed by atoms with van der Waals surface area (Å²) in [5.41, 5.74) is 0. The zero-order valence-corrected chi connectivity index (χ0v) is 52.8. The van der Waals surface area contributed by atoms with Gasteiger partial charge in [0, 0.05) is 77.9 Å². The number of nitrogens with zero attached hydrogens (tertiary/aromatic N) is 2. The molecule has 4 unspecified atom stereocenters. The van der Waals surface area contributed by atoms with E-state index < -0.39 is 11.9 Å². The number of hydrogen-bond donors (Lipinski definition) is 1. The Labute approximate surface area is 484 Å². The lowest BCUT2D eigenvalue weighted by Gasteiger charge is -2.40. The summed E-state index contributed by atoms with van der Waals surface area (Å²) in [4.78, 5) is 78.3. The number of rotatable bonds is 49. The summed E-state index contributed by atoms with van der Waals surface area (Å²) in [6, 6.07) is -0.220. The average molecular weight is 1130 g/mol. The predicted octanol–water partition coefficient (Wildman–Crippen LogP) is 15.5. The maximum absolute atomic E-state index is 12.9. The number of Topliss-reactive ketones (excluding diaryl/α,β-unsaturated/α-hetero) is 2. The third kappa shape index (κ3) is 49.3. The van der Waals surface area contributed by atoms with Crippen molar-refractivity contribution in [1.29, 1.82) is 0 Å². The molecule has 2 fully saturated rings. The van der Waals surface area contributed by atoms with Gasteiger partial charge in [0.2, 0.25) is 0 Å². The quantitative estimate of drug-likeness (QED) is 0.0346. The first-order chi connectivity index (χ1) is 38.3. The second-order valence-corrected chi connectivity index (χ2v) is 22.5. The summed E-state index contributed by atoms with van der Waals surface area (Å²) >= 11 is 0. The fourth-order valence-electron chi connectivity index (χ4n) is 9.45. The summed E-state index contributed by atoms with van der Waals surface area (Å²) in [7, 11) is 5.67. The number of hydrogen-bond acceptors (Lipinski definition) is 13. The summed E-state index contributed by atoms with van der Waals surface area (Å²) in [6.45, 7) is 18.0. The first kappa shape index (κ1) is 78.0. The predicted molar refractivity (Wildman–Crippen MR) is 322 cm³/mol. The van der Waals surface area contributed by atoms with Gasteiger partial charge in [0.25, 0.3) is 0 Å². The fourth-order valence-corrected chi connectivity index (χ4v) is 9.45. The van der Waals surface area contributed by atoms with Crippen LogP contribution in [0, 0.1) is 17.8 Å². The Balaban J connectivity index is 0.